The van der Waals surface area contributed by atoms with Crippen LogP contribution in [0.15, 0.2) is 36.9 Å². The molecule has 0 aliphatic rings. The lowest BCUT2D eigenvalue weighted by Crippen LogP contribution is -2.29. The SMILES string of the molecule is C=CCN(CCC)CCOc1cccc(CNC(C)C)c1. The normalized spacial score (nSPS) is 11.1. The highest BCUT2D eigenvalue weighted by Gasteiger charge is 2.03. The minimum Gasteiger partial charge on any atom is -0.492 e. The Kier molecular flexibility index (Phi) is 8.79. The van der Waals surface area contributed by atoms with Gasteiger partial charge in [-0.25, -0.2) is 0 Å². The summed E-state index contributed by atoms with van der Waals surface area (Å²) in [7, 11) is 0. The maximum absolute atomic E-state index is 5.87. The average Bonchev–Trinajstić information content (AvgIpc) is 2.46. The summed E-state index contributed by atoms with van der Waals surface area (Å²) in [5.74, 6) is 0.952. The molecule has 0 fully saturated rings. The molecule has 0 saturated heterocycles. The minimum absolute atomic E-state index is 0.496. The Labute approximate surface area is 130 Å². The molecular weight excluding hydrogens is 260 g/mol. The van der Waals surface area contributed by atoms with E-state index in [1.165, 1.54) is 5.56 Å². The van der Waals surface area contributed by atoms with Gasteiger partial charge in [0.15, 0.2) is 0 Å². The predicted molar refractivity (Wildman–Crippen MR) is 90.8 cm³/mol. The molecule has 1 aromatic carbocycles. The molecular formula is C18H30N2O. The van der Waals surface area contributed by atoms with Crippen molar-refractivity contribution >= 4 is 0 Å². The summed E-state index contributed by atoms with van der Waals surface area (Å²) in [6, 6.07) is 8.82. The van der Waals surface area contributed by atoms with Gasteiger partial charge in [0.2, 0.25) is 0 Å². The topological polar surface area (TPSA) is 24.5 Å². The van der Waals surface area contributed by atoms with E-state index in [0.29, 0.717) is 6.04 Å². The van der Waals surface area contributed by atoms with Crippen molar-refractivity contribution in [3.05, 3.63) is 42.5 Å². The van der Waals surface area contributed by atoms with Crippen molar-refractivity contribution < 1.29 is 4.74 Å². The predicted octanol–water partition coefficient (Wildman–Crippen LogP) is 3.46. The smallest absolute Gasteiger partial charge is 0.119 e. The molecule has 21 heavy (non-hydrogen) atoms. The van der Waals surface area contributed by atoms with Crippen molar-refractivity contribution in [3.8, 4) is 5.75 Å². The lowest BCUT2D eigenvalue weighted by Gasteiger charge is -2.20. The molecule has 0 atom stereocenters. The molecule has 0 aliphatic carbocycles. The van der Waals surface area contributed by atoms with Crippen LogP contribution in [0.5, 0.6) is 5.75 Å². The number of nitrogens with zero attached hydrogens (tertiary/aromatic N) is 1. The van der Waals surface area contributed by atoms with Gasteiger partial charge in [0.1, 0.15) is 12.4 Å². The molecule has 0 aromatic heterocycles. The van der Waals surface area contributed by atoms with E-state index in [1.54, 1.807) is 0 Å². The van der Waals surface area contributed by atoms with Crippen molar-refractivity contribution in [1.29, 1.82) is 0 Å². The number of benzene rings is 1. The Morgan fingerprint density at radius 2 is 2.14 bits per heavy atom. The van der Waals surface area contributed by atoms with E-state index in [2.05, 4.69) is 55.8 Å². The van der Waals surface area contributed by atoms with Gasteiger partial charge in [0.05, 0.1) is 0 Å². The summed E-state index contributed by atoms with van der Waals surface area (Å²) in [5, 5.41) is 3.42. The molecule has 0 amide bonds. The number of hydrogen-bond acceptors (Lipinski definition) is 3. The van der Waals surface area contributed by atoms with Crippen LogP contribution in [-0.4, -0.2) is 37.2 Å². The summed E-state index contributed by atoms with van der Waals surface area (Å²) >= 11 is 0. The van der Waals surface area contributed by atoms with E-state index in [-0.39, 0.29) is 0 Å². The van der Waals surface area contributed by atoms with Crippen LogP contribution in [0.2, 0.25) is 0 Å². The zero-order valence-corrected chi connectivity index (χ0v) is 13.8. The van der Waals surface area contributed by atoms with E-state index in [9.17, 15) is 0 Å². The van der Waals surface area contributed by atoms with Crippen molar-refractivity contribution in [1.82, 2.24) is 10.2 Å². The van der Waals surface area contributed by atoms with Crippen LogP contribution in [0, 0.1) is 0 Å². The van der Waals surface area contributed by atoms with Gasteiger partial charge in [-0.2, -0.15) is 0 Å². The number of ether oxygens (including phenoxy) is 1. The standard InChI is InChI=1S/C18H30N2O/c1-5-10-20(11-6-2)12-13-21-18-9-7-8-17(14-18)15-19-16(3)4/h5,7-9,14,16,19H,1,6,10-13,15H2,2-4H3. The fourth-order valence-corrected chi connectivity index (χ4v) is 2.15. The molecule has 3 heteroatoms. The first kappa shape index (κ1) is 17.7. The van der Waals surface area contributed by atoms with Crippen molar-refractivity contribution in [2.45, 2.75) is 39.8 Å². The molecule has 0 unspecified atom stereocenters. The monoisotopic (exact) mass is 290 g/mol. The second-order valence-corrected chi connectivity index (χ2v) is 5.62. The van der Waals surface area contributed by atoms with Gasteiger partial charge in [-0.05, 0) is 30.7 Å². The highest BCUT2D eigenvalue weighted by Crippen LogP contribution is 2.13. The molecule has 1 rings (SSSR count). The quantitative estimate of drug-likeness (QED) is 0.632. The summed E-state index contributed by atoms with van der Waals surface area (Å²) < 4.78 is 5.87. The highest BCUT2D eigenvalue weighted by atomic mass is 16.5. The fourth-order valence-electron chi connectivity index (χ4n) is 2.15. The van der Waals surface area contributed by atoms with E-state index in [0.717, 1.165) is 45.0 Å². The Bertz CT molecular complexity index is 404. The molecule has 0 bridgehead atoms. The molecule has 0 radical (unpaired) electrons. The van der Waals surface area contributed by atoms with Gasteiger partial charge in [-0.1, -0.05) is 39.0 Å². The maximum atomic E-state index is 5.87. The molecule has 3 nitrogen and oxygen atoms in total. The lowest BCUT2D eigenvalue weighted by atomic mass is 10.2. The van der Waals surface area contributed by atoms with Gasteiger partial charge < -0.3 is 10.1 Å². The molecule has 0 heterocycles. The van der Waals surface area contributed by atoms with Crippen LogP contribution in [0.1, 0.15) is 32.8 Å². The van der Waals surface area contributed by atoms with E-state index in [1.807, 2.05) is 12.1 Å². The van der Waals surface area contributed by atoms with Crippen LogP contribution in [0.3, 0.4) is 0 Å². The van der Waals surface area contributed by atoms with E-state index in [4.69, 9.17) is 4.74 Å². The first-order chi connectivity index (χ1) is 10.2. The summed E-state index contributed by atoms with van der Waals surface area (Å²) in [6.07, 6.45) is 3.11. The summed E-state index contributed by atoms with van der Waals surface area (Å²) in [6.45, 7) is 14.9. The zero-order chi connectivity index (χ0) is 15.5. The van der Waals surface area contributed by atoms with E-state index < -0.39 is 0 Å². The third-order valence-corrected chi connectivity index (χ3v) is 3.22. The van der Waals surface area contributed by atoms with Crippen LogP contribution in [-0.2, 0) is 6.54 Å². The van der Waals surface area contributed by atoms with Gasteiger partial charge >= 0.3 is 0 Å². The largest absolute Gasteiger partial charge is 0.492 e. The average molecular weight is 290 g/mol. The fraction of sp³-hybridized carbons (Fsp3) is 0.556. The Balaban J connectivity index is 2.40. The molecule has 1 N–H and O–H groups in total. The lowest BCUT2D eigenvalue weighted by molar-refractivity contribution is 0.223. The molecule has 0 aliphatic heterocycles. The number of rotatable bonds is 11. The first-order valence-electron chi connectivity index (χ1n) is 7.94. The maximum Gasteiger partial charge on any atom is 0.119 e. The summed E-state index contributed by atoms with van der Waals surface area (Å²) in [4.78, 5) is 2.36. The number of nitrogens with one attached hydrogen (secondary N) is 1. The molecule has 0 saturated carbocycles. The Hall–Kier alpha value is -1.32. The zero-order valence-electron chi connectivity index (χ0n) is 13.8. The van der Waals surface area contributed by atoms with Gasteiger partial charge in [-0.15, -0.1) is 6.58 Å². The summed E-state index contributed by atoms with van der Waals surface area (Å²) in [5.41, 5.74) is 1.26. The molecule has 1 aromatic rings. The molecule has 118 valence electrons. The van der Waals surface area contributed by atoms with Gasteiger partial charge in [-0.3, -0.25) is 4.90 Å². The first-order valence-corrected chi connectivity index (χ1v) is 7.94. The highest BCUT2D eigenvalue weighted by molar-refractivity contribution is 5.28. The number of hydrogen-bond donors (Lipinski definition) is 1. The van der Waals surface area contributed by atoms with Crippen LogP contribution >= 0.6 is 0 Å². The Morgan fingerprint density at radius 3 is 2.81 bits per heavy atom. The van der Waals surface area contributed by atoms with Gasteiger partial charge in [0.25, 0.3) is 0 Å². The Morgan fingerprint density at radius 1 is 1.33 bits per heavy atom. The molecule has 0 spiro atoms. The van der Waals surface area contributed by atoms with Crippen molar-refractivity contribution in [2.75, 3.05) is 26.2 Å². The third-order valence-electron chi connectivity index (χ3n) is 3.22. The van der Waals surface area contributed by atoms with Crippen molar-refractivity contribution in [2.24, 2.45) is 0 Å². The second kappa shape index (κ2) is 10.4. The van der Waals surface area contributed by atoms with Crippen LogP contribution < -0.4 is 10.1 Å². The third kappa shape index (κ3) is 7.88. The minimum atomic E-state index is 0.496. The van der Waals surface area contributed by atoms with Crippen molar-refractivity contribution in [3.63, 3.8) is 0 Å². The van der Waals surface area contributed by atoms with Crippen LogP contribution in [0.25, 0.3) is 0 Å². The van der Waals surface area contributed by atoms with E-state index >= 15 is 0 Å². The van der Waals surface area contributed by atoms with Gasteiger partial charge in [0, 0.05) is 25.7 Å². The van der Waals surface area contributed by atoms with Crippen LogP contribution in [0.4, 0.5) is 0 Å². The second-order valence-electron chi connectivity index (χ2n) is 5.62.